The van der Waals surface area contributed by atoms with E-state index in [0.717, 1.165) is 23.7 Å². The molecule has 4 saturated carbocycles. The molecule has 2 heteroatoms. The molecule has 4 aliphatic rings. The fourth-order valence-corrected chi connectivity index (χ4v) is 4.32. The van der Waals surface area contributed by atoms with Crippen LogP contribution in [-0.2, 0) is 9.84 Å². The third-order valence-electron chi connectivity index (χ3n) is 4.49. The molecule has 1 atom stereocenters. The predicted octanol–water partition coefficient (Wildman–Crippen LogP) is 2.60. The van der Waals surface area contributed by atoms with Crippen LogP contribution in [0.15, 0.2) is 0 Å². The Bertz CT molecular complexity index is 196. The molecule has 1 radical (unpaired) electrons. The van der Waals surface area contributed by atoms with Gasteiger partial charge in [-0.05, 0) is 62.7 Å². The van der Waals surface area contributed by atoms with Crippen LogP contribution in [0.1, 0.15) is 39.0 Å². The molecular weight excluding hydrogens is 176 g/mol. The summed E-state index contributed by atoms with van der Waals surface area (Å²) in [6.45, 7) is 1.63. The Morgan fingerprint density at radius 2 is 1.50 bits per heavy atom. The summed E-state index contributed by atoms with van der Waals surface area (Å²) >= 11 is 0. The SMILES string of the molecule is CC([O])OC1C2CC3CC(C2)CC1C3. The summed E-state index contributed by atoms with van der Waals surface area (Å²) < 4.78 is 5.57. The molecule has 0 aromatic carbocycles. The van der Waals surface area contributed by atoms with Crippen LogP contribution >= 0.6 is 0 Å². The molecule has 4 fully saturated rings. The van der Waals surface area contributed by atoms with E-state index in [1.807, 2.05) is 0 Å². The van der Waals surface area contributed by atoms with Crippen LogP contribution in [0.4, 0.5) is 0 Å². The van der Waals surface area contributed by atoms with Crippen LogP contribution in [0.3, 0.4) is 0 Å². The highest BCUT2D eigenvalue weighted by molar-refractivity contribution is 4.98. The van der Waals surface area contributed by atoms with Crippen molar-refractivity contribution in [3.8, 4) is 0 Å². The van der Waals surface area contributed by atoms with Gasteiger partial charge in [-0.1, -0.05) is 0 Å². The van der Waals surface area contributed by atoms with Crippen LogP contribution in [-0.4, -0.2) is 12.4 Å². The predicted molar refractivity (Wildman–Crippen MR) is 52.1 cm³/mol. The Morgan fingerprint density at radius 1 is 1.00 bits per heavy atom. The van der Waals surface area contributed by atoms with Gasteiger partial charge in [0.15, 0.2) is 6.29 Å². The summed E-state index contributed by atoms with van der Waals surface area (Å²) in [6.07, 6.45) is 6.31. The average Bonchev–Trinajstić information content (AvgIpc) is 2.09. The van der Waals surface area contributed by atoms with Gasteiger partial charge in [0.2, 0.25) is 0 Å². The number of hydrogen-bond acceptors (Lipinski definition) is 1. The van der Waals surface area contributed by atoms with Crippen LogP contribution in [0.5, 0.6) is 0 Å². The zero-order valence-corrected chi connectivity index (χ0v) is 8.82. The van der Waals surface area contributed by atoms with Crippen molar-refractivity contribution in [3.63, 3.8) is 0 Å². The summed E-state index contributed by atoms with van der Waals surface area (Å²) in [6, 6.07) is 0. The van der Waals surface area contributed by atoms with Gasteiger partial charge in [-0.2, -0.15) is 0 Å². The van der Waals surface area contributed by atoms with E-state index in [0.29, 0.717) is 6.10 Å². The van der Waals surface area contributed by atoms with Crippen LogP contribution in [0.25, 0.3) is 0 Å². The second-order valence-corrected chi connectivity index (χ2v) is 5.60. The van der Waals surface area contributed by atoms with Crippen molar-refractivity contribution >= 4 is 0 Å². The molecule has 1 unspecified atom stereocenters. The molecule has 14 heavy (non-hydrogen) atoms. The van der Waals surface area contributed by atoms with Gasteiger partial charge in [-0.25, -0.2) is 5.11 Å². The first-order valence-electron chi connectivity index (χ1n) is 6.03. The summed E-state index contributed by atoms with van der Waals surface area (Å²) in [5.74, 6) is 3.39. The average molecular weight is 195 g/mol. The molecule has 79 valence electrons. The van der Waals surface area contributed by atoms with Gasteiger partial charge >= 0.3 is 0 Å². The molecule has 0 aromatic heterocycles. The van der Waals surface area contributed by atoms with E-state index in [1.165, 1.54) is 32.1 Å². The Labute approximate surface area is 85.6 Å². The molecule has 4 bridgehead atoms. The lowest BCUT2D eigenvalue weighted by Gasteiger charge is -2.54. The van der Waals surface area contributed by atoms with Crippen molar-refractivity contribution in [2.75, 3.05) is 0 Å². The van der Waals surface area contributed by atoms with Gasteiger partial charge < -0.3 is 4.74 Å². The van der Waals surface area contributed by atoms with Gasteiger partial charge in [0.05, 0.1) is 6.10 Å². The molecule has 0 amide bonds. The molecular formula is C12H19O2. The van der Waals surface area contributed by atoms with E-state index in [9.17, 15) is 5.11 Å². The summed E-state index contributed by atoms with van der Waals surface area (Å²) in [5.41, 5.74) is 0. The van der Waals surface area contributed by atoms with E-state index in [-0.39, 0.29) is 0 Å². The summed E-state index contributed by atoms with van der Waals surface area (Å²) in [5, 5.41) is 11.1. The second kappa shape index (κ2) is 3.21. The zero-order chi connectivity index (χ0) is 9.71. The first kappa shape index (κ1) is 9.17. The minimum absolute atomic E-state index is 0.315. The van der Waals surface area contributed by atoms with Crippen LogP contribution < -0.4 is 0 Å². The number of hydrogen-bond donors (Lipinski definition) is 0. The van der Waals surface area contributed by atoms with Gasteiger partial charge in [0, 0.05) is 0 Å². The molecule has 4 aliphatic carbocycles. The lowest BCUT2D eigenvalue weighted by atomic mass is 9.55. The fourth-order valence-electron chi connectivity index (χ4n) is 4.32. The maximum atomic E-state index is 11.1. The molecule has 0 aliphatic heterocycles. The van der Waals surface area contributed by atoms with Crippen molar-refractivity contribution in [2.45, 2.75) is 51.4 Å². The maximum absolute atomic E-state index is 11.1. The van der Waals surface area contributed by atoms with Crippen molar-refractivity contribution in [2.24, 2.45) is 23.7 Å². The minimum atomic E-state index is -0.822. The topological polar surface area (TPSA) is 29.1 Å². The van der Waals surface area contributed by atoms with Gasteiger partial charge in [-0.15, -0.1) is 0 Å². The maximum Gasteiger partial charge on any atom is 0.188 e. The van der Waals surface area contributed by atoms with E-state index in [2.05, 4.69) is 0 Å². The highest BCUT2D eigenvalue weighted by Crippen LogP contribution is 2.54. The molecule has 0 spiro atoms. The normalized spacial score (nSPS) is 52.3. The quantitative estimate of drug-likeness (QED) is 0.623. The number of rotatable bonds is 2. The summed E-state index contributed by atoms with van der Waals surface area (Å²) in [7, 11) is 0. The minimum Gasteiger partial charge on any atom is -0.346 e. The van der Waals surface area contributed by atoms with Gasteiger partial charge in [-0.3, -0.25) is 0 Å². The van der Waals surface area contributed by atoms with Crippen molar-refractivity contribution in [1.82, 2.24) is 0 Å². The molecule has 2 nitrogen and oxygen atoms in total. The lowest BCUT2D eigenvalue weighted by Crippen LogP contribution is -2.50. The highest BCUT2D eigenvalue weighted by Gasteiger charge is 2.49. The summed E-state index contributed by atoms with van der Waals surface area (Å²) in [4.78, 5) is 0. The van der Waals surface area contributed by atoms with E-state index < -0.39 is 6.29 Å². The third kappa shape index (κ3) is 1.40. The molecule has 0 saturated heterocycles. The van der Waals surface area contributed by atoms with Crippen molar-refractivity contribution < 1.29 is 9.84 Å². The van der Waals surface area contributed by atoms with Gasteiger partial charge in [0.1, 0.15) is 0 Å². The molecule has 0 heterocycles. The van der Waals surface area contributed by atoms with Crippen LogP contribution in [0, 0.1) is 23.7 Å². The Hall–Kier alpha value is -0.0800. The Morgan fingerprint density at radius 3 is 1.93 bits per heavy atom. The first-order valence-corrected chi connectivity index (χ1v) is 6.03. The molecule has 0 aromatic rings. The first-order chi connectivity index (χ1) is 6.72. The number of ether oxygens (including phenoxy) is 1. The second-order valence-electron chi connectivity index (χ2n) is 5.60. The monoisotopic (exact) mass is 195 g/mol. The van der Waals surface area contributed by atoms with Gasteiger partial charge in [0.25, 0.3) is 0 Å². The third-order valence-corrected chi connectivity index (χ3v) is 4.49. The van der Waals surface area contributed by atoms with Crippen LogP contribution in [0.2, 0.25) is 0 Å². The van der Waals surface area contributed by atoms with Crippen molar-refractivity contribution in [1.29, 1.82) is 0 Å². The Kier molecular flexibility index (Phi) is 2.10. The lowest BCUT2D eigenvalue weighted by molar-refractivity contribution is -0.219. The zero-order valence-electron chi connectivity index (χ0n) is 8.82. The van der Waals surface area contributed by atoms with E-state index in [1.54, 1.807) is 6.92 Å². The molecule has 4 rings (SSSR count). The smallest absolute Gasteiger partial charge is 0.188 e. The van der Waals surface area contributed by atoms with Crippen molar-refractivity contribution in [3.05, 3.63) is 0 Å². The highest BCUT2D eigenvalue weighted by atomic mass is 16.6. The van der Waals surface area contributed by atoms with E-state index in [4.69, 9.17) is 4.74 Å². The Balaban J connectivity index is 1.74. The standard InChI is InChI=1S/C12H19O2/c1-7(13)14-12-10-3-8-2-9(5-10)6-11(12)4-8/h7-12H,2-6H2,1H3. The largest absolute Gasteiger partial charge is 0.346 e. The fraction of sp³-hybridized carbons (Fsp3) is 1.00. The van der Waals surface area contributed by atoms with E-state index >= 15 is 0 Å². The molecule has 0 N–H and O–H groups in total.